The van der Waals surface area contributed by atoms with E-state index in [0.717, 1.165) is 5.69 Å². The van der Waals surface area contributed by atoms with Crippen molar-refractivity contribution in [1.82, 2.24) is 4.90 Å². The van der Waals surface area contributed by atoms with Crippen molar-refractivity contribution in [1.29, 1.82) is 0 Å². The number of anilines is 1. The summed E-state index contributed by atoms with van der Waals surface area (Å²) < 4.78 is 5.06. The van der Waals surface area contributed by atoms with Gasteiger partial charge in [-0.1, -0.05) is 13.0 Å². The van der Waals surface area contributed by atoms with Crippen molar-refractivity contribution in [2.24, 2.45) is 5.92 Å². The van der Waals surface area contributed by atoms with E-state index in [-0.39, 0.29) is 11.8 Å². The van der Waals surface area contributed by atoms with Crippen molar-refractivity contribution >= 4 is 11.6 Å². The van der Waals surface area contributed by atoms with Gasteiger partial charge in [0, 0.05) is 38.9 Å². The number of carbonyl (C=O) groups excluding carboxylic acids is 1. The predicted octanol–water partition coefficient (Wildman–Crippen LogP) is 1.78. The summed E-state index contributed by atoms with van der Waals surface area (Å²) in [5.41, 5.74) is 8.89. The lowest BCUT2D eigenvalue weighted by atomic mass is 10.1. The predicted molar refractivity (Wildman–Crippen MR) is 70.8 cm³/mol. The normalized spacial score (nSPS) is 15.6. The van der Waals surface area contributed by atoms with Crippen molar-refractivity contribution in [3.63, 3.8) is 0 Å². The molecule has 1 aliphatic rings. The fourth-order valence-corrected chi connectivity index (χ4v) is 2.36. The zero-order valence-electron chi connectivity index (χ0n) is 11.0. The number of nitrogens with two attached hydrogens (primary N) is 1. The Morgan fingerprint density at radius 1 is 1.44 bits per heavy atom. The Bertz CT molecular complexity index is 445. The van der Waals surface area contributed by atoms with Crippen LogP contribution in [0.1, 0.15) is 24.5 Å². The van der Waals surface area contributed by atoms with Gasteiger partial charge in [-0.15, -0.1) is 0 Å². The van der Waals surface area contributed by atoms with Crippen LogP contribution in [-0.2, 0) is 22.6 Å². The van der Waals surface area contributed by atoms with Crippen LogP contribution in [0.4, 0.5) is 5.69 Å². The van der Waals surface area contributed by atoms with Gasteiger partial charge >= 0.3 is 0 Å². The first-order valence-electron chi connectivity index (χ1n) is 6.24. The Morgan fingerprint density at radius 3 is 2.89 bits per heavy atom. The number of methoxy groups -OCH3 is 1. The van der Waals surface area contributed by atoms with Crippen LogP contribution < -0.4 is 5.73 Å². The fourth-order valence-electron chi connectivity index (χ4n) is 2.36. The third kappa shape index (κ3) is 2.82. The number of carbonyl (C=O) groups is 1. The first-order valence-corrected chi connectivity index (χ1v) is 6.24. The number of hydrogen-bond acceptors (Lipinski definition) is 3. The SMILES string of the molecule is COCC(C)CC(=O)N1Cc2ccc(N)cc2C1. The van der Waals surface area contributed by atoms with E-state index >= 15 is 0 Å². The van der Waals surface area contributed by atoms with E-state index < -0.39 is 0 Å². The van der Waals surface area contributed by atoms with E-state index in [1.165, 1.54) is 11.1 Å². The van der Waals surface area contributed by atoms with E-state index in [9.17, 15) is 4.79 Å². The molecule has 98 valence electrons. The van der Waals surface area contributed by atoms with Crippen LogP contribution >= 0.6 is 0 Å². The lowest BCUT2D eigenvalue weighted by molar-refractivity contribution is -0.133. The Balaban J connectivity index is 1.96. The van der Waals surface area contributed by atoms with Crippen molar-refractivity contribution < 1.29 is 9.53 Å². The molecule has 1 amide bonds. The van der Waals surface area contributed by atoms with Gasteiger partial charge in [0.2, 0.25) is 5.91 Å². The number of hydrogen-bond donors (Lipinski definition) is 1. The van der Waals surface area contributed by atoms with Crippen molar-refractivity contribution in [3.05, 3.63) is 29.3 Å². The van der Waals surface area contributed by atoms with Crippen LogP contribution in [0.15, 0.2) is 18.2 Å². The first kappa shape index (κ1) is 12.9. The average molecular weight is 248 g/mol. The zero-order valence-corrected chi connectivity index (χ0v) is 11.0. The highest BCUT2D eigenvalue weighted by molar-refractivity contribution is 5.77. The minimum absolute atomic E-state index is 0.189. The minimum atomic E-state index is 0.189. The first-order chi connectivity index (χ1) is 8.60. The van der Waals surface area contributed by atoms with Crippen molar-refractivity contribution in [2.75, 3.05) is 19.5 Å². The molecule has 1 atom stereocenters. The van der Waals surface area contributed by atoms with E-state index in [1.807, 2.05) is 30.0 Å². The smallest absolute Gasteiger partial charge is 0.223 e. The third-order valence-corrected chi connectivity index (χ3v) is 3.28. The molecule has 4 nitrogen and oxygen atoms in total. The molecular weight excluding hydrogens is 228 g/mol. The number of nitrogen functional groups attached to an aromatic ring is 1. The van der Waals surface area contributed by atoms with Crippen LogP contribution in [-0.4, -0.2) is 24.5 Å². The molecule has 0 aliphatic carbocycles. The van der Waals surface area contributed by atoms with Crippen LogP contribution in [0.2, 0.25) is 0 Å². The highest BCUT2D eigenvalue weighted by Crippen LogP contribution is 2.25. The monoisotopic (exact) mass is 248 g/mol. The van der Waals surface area contributed by atoms with Gasteiger partial charge in [0.05, 0.1) is 0 Å². The van der Waals surface area contributed by atoms with Crippen LogP contribution in [0.5, 0.6) is 0 Å². The van der Waals surface area contributed by atoms with Gasteiger partial charge in [-0.25, -0.2) is 0 Å². The Kier molecular flexibility index (Phi) is 3.87. The second-order valence-electron chi connectivity index (χ2n) is 5.04. The van der Waals surface area contributed by atoms with E-state index in [2.05, 4.69) is 0 Å². The van der Waals surface area contributed by atoms with Crippen molar-refractivity contribution in [3.8, 4) is 0 Å². The number of amides is 1. The number of benzene rings is 1. The summed E-state index contributed by atoms with van der Waals surface area (Å²) >= 11 is 0. The summed E-state index contributed by atoms with van der Waals surface area (Å²) in [6.45, 7) is 4.04. The lowest BCUT2D eigenvalue weighted by Gasteiger charge is -2.18. The molecule has 0 saturated carbocycles. The average Bonchev–Trinajstić information content (AvgIpc) is 2.72. The molecule has 0 aromatic heterocycles. The molecule has 0 fully saturated rings. The van der Waals surface area contributed by atoms with Gasteiger partial charge in [-0.3, -0.25) is 4.79 Å². The molecular formula is C14H20N2O2. The number of ether oxygens (including phenoxy) is 1. The summed E-state index contributed by atoms with van der Waals surface area (Å²) in [6, 6.07) is 5.86. The highest BCUT2D eigenvalue weighted by Gasteiger charge is 2.24. The van der Waals surface area contributed by atoms with Gasteiger partial charge in [-0.05, 0) is 29.2 Å². The van der Waals surface area contributed by atoms with Crippen LogP contribution in [0, 0.1) is 5.92 Å². The second kappa shape index (κ2) is 5.40. The standard InChI is InChI=1S/C14H20N2O2/c1-10(9-18-2)5-14(17)16-7-11-3-4-13(15)6-12(11)8-16/h3-4,6,10H,5,7-9,15H2,1-2H3. The molecule has 0 spiro atoms. The maximum Gasteiger partial charge on any atom is 0.223 e. The van der Waals surface area contributed by atoms with Crippen molar-refractivity contribution in [2.45, 2.75) is 26.4 Å². The molecule has 1 aromatic rings. The molecule has 0 bridgehead atoms. The summed E-state index contributed by atoms with van der Waals surface area (Å²) in [4.78, 5) is 14.0. The second-order valence-corrected chi connectivity index (χ2v) is 5.04. The van der Waals surface area contributed by atoms with E-state index in [0.29, 0.717) is 26.1 Å². The highest BCUT2D eigenvalue weighted by atomic mass is 16.5. The molecule has 4 heteroatoms. The number of rotatable bonds is 4. The molecule has 1 heterocycles. The maximum absolute atomic E-state index is 12.1. The van der Waals surface area contributed by atoms with Crippen LogP contribution in [0.3, 0.4) is 0 Å². The lowest BCUT2D eigenvalue weighted by Crippen LogP contribution is -2.27. The molecule has 0 saturated heterocycles. The van der Waals surface area contributed by atoms with Gasteiger partial charge < -0.3 is 15.4 Å². The number of fused-ring (bicyclic) bond motifs is 1. The molecule has 1 unspecified atom stereocenters. The molecule has 0 radical (unpaired) electrons. The topological polar surface area (TPSA) is 55.6 Å². The molecule has 2 N–H and O–H groups in total. The van der Waals surface area contributed by atoms with E-state index in [4.69, 9.17) is 10.5 Å². The number of nitrogens with zero attached hydrogens (tertiary/aromatic N) is 1. The van der Waals surface area contributed by atoms with Crippen LogP contribution in [0.25, 0.3) is 0 Å². The maximum atomic E-state index is 12.1. The largest absolute Gasteiger partial charge is 0.399 e. The summed E-state index contributed by atoms with van der Waals surface area (Å²) in [6.07, 6.45) is 0.539. The summed E-state index contributed by atoms with van der Waals surface area (Å²) in [5.74, 6) is 0.450. The molecule has 1 aromatic carbocycles. The molecule has 1 aliphatic heterocycles. The van der Waals surface area contributed by atoms with Gasteiger partial charge in [0.25, 0.3) is 0 Å². The van der Waals surface area contributed by atoms with Gasteiger partial charge in [0.15, 0.2) is 0 Å². The third-order valence-electron chi connectivity index (χ3n) is 3.28. The Morgan fingerprint density at radius 2 is 2.17 bits per heavy atom. The molecule has 18 heavy (non-hydrogen) atoms. The van der Waals surface area contributed by atoms with E-state index in [1.54, 1.807) is 7.11 Å². The zero-order chi connectivity index (χ0) is 13.1. The summed E-state index contributed by atoms with van der Waals surface area (Å²) in [7, 11) is 1.66. The quantitative estimate of drug-likeness (QED) is 0.826. The fraction of sp³-hybridized carbons (Fsp3) is 0.500. The molecule has 2 rings (SSSR count). The van der Waals surface area contributed by atoms with Gasteiger partial charge in [0.1, 0.15) is 0 Å². The summed E-state index contributed by atoms with van der Waals surface area (Å²) in [5, 5.41) is 0. The Hall–Kier alpha value is -1.55. The Labute approximate surface area is 108 Å². The van der Waals surface area contributed by atoms with Gasteiger partial charge in [-0.2, -0.15) is 0 Å². The minimum Gasteiger partial charge on any atom is -0.399 e.